The number of hydrogen-bond donors (Lipinski definition) is 3. The van der Waals surface area contributed by atoms with Crippen molar-refractivity contribution in [2.75, 3.05) is 25.0 Å². The van der Waals surface area contributed by atoms with Gasteiger partial charge in [-0.2, -0.15) is 0 Å². The molecule has 5 nitrogen and oxygen atoms in total. The van der Waals surface area contributed by atoms with E-state index in [4.69, 9.17) is 4.74 Å². The van der Waals surface area contributed by atoms with Gasteiger partial charge in [0.15, 0.2) is 0 Å². The van der Waals surface area contributed by atoms with E-state index in [0.29, 0.717) is 18.4 Å². The molecule has 3 atom stereocenters. The predicted molar refractivity (Wildman–Crippen MR) is 86.3 cm³/mol. The Balaban J connectivity index is 1.75. The van der Waals surface area contributed by atoms with Gasteiger partial charge in [-0.15, -0.1) is 0 Å². The van der Waals surface area contributed by atoms with Crippen molar-refractivity contribution in [3.05, 3.63) is 24.3 Å². The van der Waals surface area contributed by atoms with Crippen molar-refractivity contribution in [2.24, 2.45) is 0 Å². The molecule has 1 saturated heterocycles. The highest BCUT2D eigenvalue weighted by Crippen LogP contribution is 2.15. The summed E-state index contributed by atoms with van der Waals surface area (Å²) in [6.45, 7) is 5.91. The molecule has 1 aromatic rings. The third-order valence-electron chi connectivity index (χ3n) is 4.20. The number of rotatable bonds is 6. The number of hydrogen-bond acceptors (Lipinski definition) is 3. The summed E-state index contributed by atoms with van der Waals surface area (Å²) < 4.78 is 5.63. The zero-order chi connectivity index (χ0) is 15.9. The van der Waals surface area contributed by atoms with Gasteiger partial charge in [-0.25, -0.2) is 0 Å². The second-order valence-electron chi connectivity index (χ2n) is 6.18. The number of anilines is 1. The SMILES string of the molecule is CC(=O)Nc1ccc(OC[C@@H](O)C[NH+]2CCCC[C@H]2C)cc1. The molecule has 122 valence electrons. The van der Waals surface area contributed by atoms with Crippen LogP contribution in [0.5, 0.6) is 5.75 Å². The van der Waals surface area contributed by atoms with Crippen molar-refractivity contribution in [1.29, 1.82) is 0 Å². The summed E-state index contributed by atoms with van der Waals surface area (Å²) in [5, 5.41) is 12.9. The third kappa shape index (κ3) is 5.31. The number of quaternary nitrogens is 1. The first-order valence-corrected chi connectivity index (χ1v) is 8.07. The zero-order valence-electron chi connectivity index (χ0n) is 13.5. The normalized spacial score (nSPS) is 22.9. The molecule has 1 fully saturated rings. The fourth-order valence-electron chi connectivity index (χ4n) is 2.95. The summed E-state index contributed by atoms with van der Waals surface area (Å²) >= 11 is 0. The summed E-state index contributed by atoms with van der Waals surface area (Å²) in [6.07, 6.45) is 3.34. The van der Waals surface area contributed by atoms with Crippen LogP contribution in [0.15, 0.2) is 24.3 Å². The van der Waals surface area contributed by atoms with Gasteiger partial charge in [0.2, 0.25) is 5.91 Å². The van der Waals surface area contributed by atoms with Crippen molar-refractivity contribution >= 4 is 11.6 Å². The molecular formula is C17H27N2O3+. The second kappa shape index (κ2) is 8.15. The Morgan fingerprint density at radius 1 is 1.41 bits per heavy atom. The molecule has 1 amide bonds. The van der Waals surface area contributed by atoms with Crippen molar-refractivity contribution in [2.45, 2.75) is 45.3 Å². The fraction of sp³-hybridized carbons (Fsp3) is 0.588. The van der Waals surface area contributed by atoms with E-state index in [0.717, 1.165) is 18.8 Å². The maximum absolute atomic E-state index is 11.0. The number of carbonyl (C=O) groups excluding carboxylic acids is 1. The number of aliphatic hydroxyl groups excluding tert-OH is 1. The zero-order valence-corrected chi connectivity index (χ0v) is 13.5. The lowest BCUT2D eigenvalue weighted by Crippen LogP contribution is -3.17. The van der Waals surface area contributed by atoms with E-state index in [1.165, 1.54) is 31.1 Å². The molecular weight excluding hydrogens is 280 g/mol. The summed E-state index contributed by atoms with van der Waals surface area (Å²) in [5.74, 6) is 0.609. The summed E-state index contributed by atoms with van der Waals surface area (Å²) in [7, 11) is 0. The Morgan fingerprint density at radius 3 is 2.77 bits per heavy atom. The monoisotopic (exact) mass is 307 g/mol. The molecule has 0 spiro atoms. The van der Waals surface area contributed by atoms with E-state index in [-0.39, 0.29) is 5.91 Å². The van der Waals surface area contributed by atoms with E-state index in [9.17, 15) is 9.90 Å². The number of nitrogens with one attached hydrogen (secondary N) is 2. The Hall–Kier alpha value is -1.59. The van der Waals surface area contributed by atoms with E-state index < -0.39 is 6.10 Å². The predicted octanol–water partition coefficient (Wildman–Crippen LogP) is 0.842. The minimum atomic E-state index is -0.453. The minimum Gasteiger partial charge on any atom is -0.491 e. The van der Waals surface area contributed by atoms with Gasteiger partial charge in [-0.3, -0.25) is 4.79 Å². The number of aliphatic hydroxyl groups is 1. The first-order chi connectivity index (χ1) is 10.5. The lowest BCUT2D eigenvalue weighted by atomic mass is 10.0. The number of piperidine rings is 1. The van der Waals surface area contributed by atoms with Gasteiger partial charge in [0.1, 0.15) is 25.0 Å². The van der Waals surface area contributed by atoms with Crippen LogP contribution >= 0.6 is 0 Å². The quantitative estimate of drug-likeness (QED) is 0.730. The highest BCUT2D eigenvalue weighted by Gasteiger charge is 2.24. The van der Waals surface area contributed by atoms with Gasteiger partial charge in [0.05, 0.1) is 12.6 Å². The number of likely N-dealkylation sites (tertiary alicyclic amines) is 1. The number of benzene rings is 1. The highest BCUT2D eigenvalue weighted by atomic mass is 16.5. The summed E-state index contributed by atoms with van der Waals surface area (Å²) in [6, 6.07) is 7.81. The largest absolute Gasteiger partial charge is 0.491 e. The van der Waals surface area contributed by atoms with Crippen LogP contribution in [0.25, 0.3) is 0 Å². The molecule has 1 unspecified atom stereocenters. The first kappa shape index (κ1) is 16.8. The molecule has 2 rings (SSSR count). The van der Waals surface area contributed by atoms with Crippen LogP contribution < -0.4 is 15.0 Å². The van der Waals surface area contributed by atoms with E-state index in [2.05, 4.69) is 12.2 Å². The molecule has 1 aliphatic heterocycles. The van der Waals surface area contributed by atoms with Crippen LogP contribution in [0.2, 0.25) is 0 Å². The van der Waals surface area contributed by atoms with Crippen LogP contribution in [-0.4, -0.2) is 42.9 Å². The Bertz CT molecular complexity index is 475. The van der Waals surface area contributed by atoms with Gasteiger partial charge in [-0.05, 0) is 50.5 Å². The van der Waals surface area contributed by atoms with Crippen molar-refractivity contribution in [1.82, 2.24) is 0 Å². The Morgan fingerprint density at radius 2 is 2.14 bits per heavy atom. The molecule has 1 heterocycles. The lowest BCUT2D eigenvalue weighted by molar-refractivity contribution is -0.931. The number of carbonyl (C=O) groups is 1. The molecule has 3 N–H and O–H groups in total. The van der Waals surface area contributed by atoms with Crippen LogP contribution in [0.4, 0.5) is 5.69 Å². The Kier molecular flexibility index (Phi) is 6.21. The van der Waals surface area contributed by atoms with Crippen LogP contribution in [-0.2, 0) is 4.79 Å². The van der Waals surface area contributed by atoms with Gasteiger partial charge in [-0.1, -0.05) is 0 Å². The maximum atomic E-state index is 11.0. The number of ether oxygens (including phenoxy) is 1. The van der Waals surface area contributed by atoms with Gasteiger partial charge >= 0.3 is 0 Å². The topological polar surface area (TPSA) is 63.0 Å². The van der Waals surface area contributed by atoms with Crippen LogP contribution in [0.1, 0.15) is 33.1 Å². The molecule has 1 aromatic carbocycles. The average molecular weight is 307 g/mol. The van der Waals surface area contributed by atoms with Gasteiger partial charge in [0, 0.05) is 12.6 Å². The molecule has 0 aromatic heterocycles. The maximum Gasteiger partial charge on any atom is 0.221 e. The third-order valence-corrected chi connectivity index (χ3v) is 4.20. The molecule has 0 radical (unpaired) electrons. The minimum absolute atomic E-state index is 0.0947. The average Bonchev–Trinajstić information content (AvgIpc) is 2.48. The molecule has 22 heavy (non-hydrogen) atoms. The van der Waals surface area contributed by atoms with Gasteiger partial charge < -0.3 is 20.1 Å². The lowest BCUT2D eigenvalue weighted by Gasteiger charge is -2.31. The second-order valence-corrected chi connectivity index (χ2v) is 6.18. The molecule has 5 heteroatoms. The van der Waals surface area contributed by atoms with E-state index >= 15 is 0 Å². The molecule has 1 aliphatic rings. The molecule has 0 bridgehead atoms. The van der Waals surface area contributed by atoms with Crippen LogP contribution in [0.3, 0.4) is 0 Å². The highest BCUT2D eigenvalue weighted by molar-refractivity contribution is 5.88. The van der Waals surface area contributed by atoms with Gasteiger partial charge in [0.25, 0.3) is 0 Å². The number of amides is 1. The fourth-order valence-corrected chi connectivity index (χ4v) is 2.95. The van der Waals surface area contributed by atoms with Crippen molar-refractivity contribution in [3.63, 3.8) is 0 Å². The smallest absolute Gasteiger partial charge is 0.221 e. The van der Waals surface area contributed by atoms with Crippen molar-refractivity contribution in [3.8, 4) is 5.75 Å². The standard InChI is InChI=1S/C17H26N2O3/c1-13-5-3-4-10-19(13)11-16(21)12-22-17-8-6-15(7-9-17)18-14(2)20/h6-9,13,16,21H,3-5,10-12H2,1-2H3,(H,18,20)/p+1/t13-,16+/m1/s1. The Labute approximate surface area is 132 Å². The van der Waals surface area contributed by atoms with Crippen LogP contribution in [0, 0.1) is 0 Å². The van der Waals surface area contributed by atoms with E-state index in [1.807, 2.05) is 0 Å². The van der Waals surface area contributed by atoms with Crippen molar-refractivity contribution < 1.29 is 19.5 Å². The summed E-state index contributed by atoms with van der Waals surface area (Å²) in [4.78, 5) is 12.4. The summed E-state index contributed by atoms with van der Waals surface area (Å²) in [5.41, 5.74) is 0.743. The van der Waals surface area contributed by atoms with E-state index in [1.54, 1.807) is 24.3 Å². The molecule has 0 aliphatic carbocycles. The first-order valence-electron chi connectivity index (χ1n) is 8.07. The molecule has 0 saturated carbocycles.